The summed E-state index contributed by atoms with van der Waals surface area (Å²) in [5, 5.41) is 0. The van der Waals surface area contributed by atoms with Crippen LogP contribution in [0, 0.1) is 0 Å². The Morgan fingerprint density at radius 2 is 1.60 bits per heavy atom. The third-order valence-electron chi connectivity index (χ3n) is 2.73. The summed E-state index contributed by atoms with van der Waals surface area (Å²) in [6.07, 6.45) is 2.98. The van der Waals surface area contributed by atoms with Crippen molar-refractivity contribution in [2.45, 2.75) is 39.2 Å². The number of hydrogen-bond donors (Lipinski definition) is 0. The fourth-order valence-electron chi connectivity index (χ4n) is 1.57. The SMILES string of the molecule is CCCCOC(=O)OCCCCOCc1ccccc1. The zero-order valence-corrected chi connectivity index (χ0v) is 12.2. The zero-order chi connectivity index (χ0) is 14.5. The van der Waals surface area contributed by atoms with Crippen molar-refractivity contribution in [2.24, 2.45) is 0 Å². The van der Waals surface area contributed by atoms with Crippen LogP contribution in [0.2, 0.25) is 0 Å². The van der Waals surface area contributed by atoms with Crippen molar-refractivity contribution in [3.63, 3.8) is 0 Å². The second kappa shape index (κ2) is 11.3. The number of rotatable bonds is 10. The molecular formula is C16H24O4. The van der Waals surface area contributed by atoms with Crippen LogP contribution in [0.15, 0.2) is 30.3 Å². The summed E-state index contributed by atoms with van der Waals surface area (Å²) in [5.74, 6) is 0. The molecule has 0 atom stereocenters. The minimum atomic E-state index is -0.566. The average Bonchev–Trinajstić information content (AvgIpc) is 2.47. The van der Waals surface area contributed by atoms with Crippen molar-refractivity contribution < 1.29 is 19.0 Å². The second-order valence-corrected chi connectivity index (χ2v) is 4.55. The van der Waals surface area contributed by atoms with Crippen LogP contribution in [-0.2, 0) is 20.8 Å². The number of carbonyl (C=O) groups excluding carboxylic acids is 1. The molecule has 0 aliphatic carbocycles. The predicted octanol–water partition coefficient (Wildman–Crippen LogP) is 3.94. The summed E-state index contributed by atoms with van der Waals surface area (Å²) in [6, 6.07) is 10.1. The van der Waals surface area contributed by atoms with E-state index >= 15 is 0 Å². The Morgan fingerprint density at radius 3 is 2.30 bits per heavy atom. The van der Waals surface area contributed by atoms with E-state index in [0.717, 1.165) is 25.7 Å². The molecule has 0 saturated carbocycles. The fourth-order valence-corrected chi connectivity index (χ4v) is 1.57. The van der Waals surface area contributed by atoms with Gasteiger partial charge in [0.15, 0.2) is 0 Å². The van der Waals surface area contributed by atoms with Gasteiger partial charge in [-0.25, -0.2) is 4.79 Å². The van der Waals surface area contributed by atoms with Crippen LogP contribution < -0.4 is 0 Å². The second-order valence-electron chi connectivity index (χ2n) is 4.55. The monoisotopic (exact) mass is 280 g/mol. The highest BCUT2D eigenvalue weighted by molar-refractivity contribution is 5.59. The maximum absolute atomic E-state index is 11.1. The van der Waals surface area contributed by atoms with Gasteiger partial charge < -0.3 is 14.2 Å². The number of carbonyl (C=O) groups is 1. The maximum atomic E-state index is 11.1. The van der Waals surface area contributed by atoms with E-state index in [1.807, 2.05) is 37.3 Å². The molecule has 0 fully saturated rings. The van der Waals surface area contributed by atoms with E-state index in [4.69, 9.17) is 14.2 Å². The van der Waals surface area contributed by atoms with Gasteiger partial charge in [-0.3, -0.25) is 0 Å². The van der Waals surface area contributed by atoms with Crippen LogP contribution in [0.5, 0.6) is 0 Å². The molecule has 4 heteroatoms. The lowest BCUT2D eigenvalue weighted by Gasteiger charge is -2.06. The topological polar surface area (TPSA) is 44.8 Å². The lowest BCUT2D eigenvalue weighted by atomic mass is 10.2. The molecule has 112 valence electrons. The highest BCUT2D eigenvalue weighted by Gasteiger charge is 2.02. The highest BCUT2D eigenvalue weighted by atomic mass is 16.7. The molecule has 0 spiro atoms. The largest absolute Gasteiger partial charge is 0.508 e. The van der Waals surface area contributed by atoms with Gasteiger partial charge in [-0.15, -0.1) is 0 Å². The van der Waals surface area contributed by atoms with Crippen molar-refractivity contribution in [1.82, 2.24) is 0 Å². The Labute approximate surface area is 121 Å². The normalized spacial score (nSPS) is 10.2. The summed E-state index contributed by atoms with van der Waals surface area (Å²) in [6.45, 7) is 4.17. The van der Waals surface area contributed by atoms with E-state index in [9.17, 15) is 4.79 Å². The van der Waals surface area contributed by atoms with Gasteiger partial charge in [0.25, 0.3) is 0 Å². The third-order valence-corrected chi connectivity index (χ3v) is 2.73. The van der Waals surface area contributed by atoms with E-state index in [1.54, 1.807) is 0 Å². The molecule has 0 heterocycles. The molecule has 0 aliphatic rings. The van der Waals surface area contributed by atoms with Gasteiger partial charge in [-0.05, 0) is 24.8 Å². The number of unbranched alkanes of at least 4 members (excludes halogenated alkanes) is 2. The Morgan fingerprint density at radius 1 is 0.950 bits per heavy atom. The van der Waals surface area contributed by atoms with Crippen LogP contribution in [0.4, 0.5) is 4.79 Å². The number of ether oxygens (including phenoxy) is 3. The van der Waals surface area contributed by atoms with Crippen LogP contribution in [0.25, 0.3) is 0 Å². The maximum Gasteiger partial charge on any atom is 0.508 e. The van der Waals surface area contributed by atoms with Gasteiger partial charge in [-0.2, -0.15) is 0 Å². The Kier molecular flexibility index (Phi) is 9.32. The van der Waals surface area contributed by atoms with Crippen molar-refractivity contribution in [3.05, 3.63) is 35.9 Å². The standard InChI is InChI=1S/C16H24O4/c1-2-3-12-19-16(17)20-13-8-7-11-18-14-15-9-5-4-6-10-15/h4-6,9-10H,2-3,7-8,11-14H2,1H3. The van der Waals surface area contributed by atoms with Crippen molar-refractivity contribution in [2.75, 3.05) is 19.8 Å². The molecule has 4 nitrogen and oxygen atoms in total. The van der Waals surface area contributed by atoms with Crippen LogP contribution in [0.1, 0.15) is 38.2 Å². The molecule has 1 aromatic rings. The summed E-state index contributed by atoms with van der Waals surface area (Å²) >= 11 is 0. The third kappa shape index (κ3) is 8.53. The molecule has 1 rings (SSSR count). The molecule has 20 heavy (non-hydrogen) atoms. The van der Waals surface area contributed by atoms with E-state index in [1.165, 1.54) is 5.56 Å². The van der Waals surface area contributed by atoms with Gasteiger partial charge in [0.2, 0.25) is 0 Å². The summed E-state index contributed by atoms with van der Waals surface area (Å²) in [4.78, 5) is 11.1. The molecule has 0 aromatic heterocycles. The first-order valence-corrected chi connectivity index (χ1v) is 7.24. The molecule has 0 radical (unpaired) electrons. The molecule has 0 unspecified atom stereocenters. The Balaban J connectivity index is 1.88. The van der Waals surface area contributed by atoms with Gasteiger partial charge in [0, 0.05) is 6.61 Å². The lowest BCUT2D eigenvalue weighted by molar-refractivity contribution is 0.0499. The fraction of sp³-hybridized carbons (Fsp3) is 0.562. The Hall–Kier alpha value is -1.55. The molecule has 1 aromatic carbocycles. The van der Waals surface area contributed by atoms with Gasteiger partial charge >= 0.3 is 6.16 Å². The van der Waals surface area contributed by atoms with Crippen molar-refractivity contribution in [1.29, 1.82) is 0 Å². The van der Waals surface area contributed by atoms with E-state index in [-0.39, 0.29) is 0 Å². The quantitative estimate of drug-likeness (QED) is 0.481. The number of hydrogen-bond acceptors (Lipinski definition) is 4. The average molecular weight is 280 g/mol. The molecule has 0 bridgehead atoms. The van der Waals surface area contributed by atoms with Gasteiger partial charge in [0.05, 0.1) is 19.8 Å². The summed E-state index contributed by atoms with van der Waals surface area (Å²) in [7, 11) is 0. The van der Waals surface area contributed by atoms with Crippen molar-refractivity contribution >= 4 is 6.16 Å². The lowest BCUT2D eigenvalue weighted by Crippen LogP contribution is -2.09. The molecule has 0 saturated heterocycles. The van der Waals surface area contributed by atoms with Crippen LogP contribution >= 0.6 is 0 Å². The minimum Gasteiger partial charge on any atom is -0.434 e. The molecule has 0 aliphatic heterocycles. The molecule has 0 amide bonds. The Bertz CT molecular complexity index is 351. The van der Waals surface area contributed by atoms with E-state index in [0.29, 0.717) is 26.4 Å². The van der Waals surface area contributed by atoms with E-state index < -0.39 is 6.16 Å². The first kappa shape index (κ1) is 16.5. The first-order chi connectivity index (χ1) is 9.83. The zero-order valence-electron chi connectivity index (χ0n) is 12.2. The predicted molar refractivity (Wildman–Crippen MR) is 77.5 cm³/mol. The van der Waals surface area contributed by atoms with E-state index in [2.05, 4.69) is 0 Å². The smallest absolute Gasteiger partial charge is 0.434 e. The van der Waals surface area contributed by atoms with Gasteiger partial charge in [-0.1, -0.05) is 43.7 Å². The summed E-state index contributed by atoms with van der Waals surface area (Å²) < 4.78 is 15.3. The first-order valence-electron chi connectivity index (χ1n) is 7.24. The van der Waals surface area contributed by atoms with Crippen LogP contribution in [-0.4, -0.2) is 26.0 Å². The summed E-state index contributed by atoms with van der Waals surface area (Å²) in [5.41, 5.74) is 1.17. The van der Waals surface area contributed by atoms with Gasteiger partial charge in [0.1, 0.15) is 0 Å². The number of benzene rings is 1. The molecule has 0 N–H and O–H groups in total. The van der Waals surface area contributed by atoms with Crippen molar-refractivity contribution in [3.8, 4) is 0 Å². The minimum absolute atomic E-state index is 0.389. The highest BCUT2D eigenvalue weighted by Crippen LogP contribution is 2.02. The van der Waals surface area contributed by atoms with Crippen LogP contribution in [0.3, 0.4) is 0 Å². The molecular weight excluding hydrogens is 256 g/mol.